The lowest BCUT2D eigenvalue weighted by atomic mass is 9.91. The van der Waals surface area contributed by atoms with Gasteiger partial charge in [-0.2, -0.15) is 0 Å². The van der Waals surface area contributed by atoms with Crippen LogP contribution in [-0.2, 0) is 43.6 Å². The SMILES string of the molecule is C[C@H]1[C@@H](CSc2ncccc2C(=O)O)O[C@@H](c2ccc(-c3ccccc3CN3C(=O)CC(NC(=O)OCc4ccccc4)C3=O)cc2)O[C@H]1c1ccc(CO)cc1. The first-order chi connectivity index (χ1) is 27.7. The Morgan fingerprint density at radius 1 is 0.877 bits per heavy atom. The lowest BCUT2D eigenvalue weighted by Gasteiger charge is -2.41. The largest absolute Gasteiger partial charge is 0.478 e. The number of carbonyl (C=O) groups excluding carboxylic acids is 3. The van der Waals surface area contributed by atoms with E-state index in [0.29, 0.717) is 10.8 Å². The van der Waals surface area contributed by atoms with Crippen molar-refractivity contribution < 1.29 is 43.6 Å². The molecular formula is C44H41N3O9S. The Morgan fingerprint density at radius 3 is 2.33 bits per heavy atom. The van der Waals surface area contributed by atoms with Gasteiger partial charge in [0.25, 0.3) is 5.91 Å². The number of aliphatic hydroxyl groups excluding tert-OH is 1. The van der Waals surface area contributed by atoms with E-state index in [9.17, 15) is 29.4 Å². The summed E-state index contributed by atoms with van der Waals surface area (Å²) in [6.07, 6.45) is -0.845. The van der Waals surface area contributed by atoms with Crippen LogP contribution < -0.4 is 5.32 Å². The highest BCUT2D eigenvalue weighted by Crippen LogP contribution is 2.43. The van der Waals surface area contributed by atoms with Crippen molar-refractivity contribution in [2.24, 2.45) is 5.92 Å². The summed E-state index contributed by atoms with van der Waals surface area (Å²) in [5.74, 6) is -1.64. The minimum absolute atomic E-state index is 0.0233. The van der Waals surface area contributed by atoms with Gasteiger partial charge < -0.3 is 29.7 Å². The highest BCUT2D eigenvalue weighted by Gasteiger charge is 2.41. The molecule has 292 valence electrons. The number of ether oxygens (including phenoxy) is 3. The molecule has 2 aliphatic heterocycles. The average molecular weight is 788 g/mol. The number of nitrogens with zero attached hydrogens (tertiary/aromatic N) is 2. The number of nitrogens with one attached hydrogen (secondary N) is 1. The number of carboxylic acids is 1. The van der Waals surface area contributed by atoms with Crippen molar-refractivity contribution in [1.29, 1.82) is 0 Å². The number of imide groups is 1. The van der Waals surface area contributed by atoms with Gasteiger partial charge in [-0.05, 0) is 45.5 Å². The van der Waals surface area contributed by atoms with E-state index in [0.717, 1.165) is 43.8 Å². The summed E-state index contributed by atoms with van der Waals surface area (Å²) in [7, 11) is 0. The maximum absolute atomic E-state index is 13.3. The Hall–Kier alpha value is -5.86. The number of rotatable bonds is 13. The van der Waals surface area contributed by atoms with Crippen molar-refractivity contribution >= 4 is 35.6 Å². The number of hydrogen-bond donors (Lipinski definition) is 3. The molecule has 5 aromatic rings. The molecule has 7 rings (SSSR count). The quantitative estimate of drug-likeness (QED) is 0.0826. The average Bonchev–Trinajstić information content (AvgIpc) is 3.50. The number of aliphatic hydroxyl groups is 1. The highest BCUT2D eigenvalue weighted by atomic mass is 32.2. The van der Waals surface area contributed by atoms with Crippen LogP contribution in [0.15, 0.2) is 126 Å². The number of hydrogen-bond acceptors (Lipinski definition) is 10. The molecule has 1 aromatic heterocycles. The smallest absolute Gasteiger partial charge is 0.408 e. The monoisotopic (exact) mass is 787 g/mol. The van der Waals surface area contributed by atoms with Crippen molar-refractivity contribution in [2.45, 2.75) is 62.7 Å². The fraction of sp³-hybridized carbons (Fsp3) is 0.250. The summed E-state index contributed by atoms with van der Waals surface area (Å²) < 4.78 is 18.5. The third-order valence-electron chi connectivity index (χ3n) is 10.1. The summed E-state index contributed by atoms with van der Waals surface area (Å²) in [6, 6.07) is 34.1. The number of thioether (sulfide) groups is 1. The Kier molecular flexibility index (Phi) is 12.4. The zero-order chi connectivity index (χ0) is 39.9. The normalized spacial score (nSPS) is 20.7. The van der Waals surface area contributed by atoms with E-state index >= 15 is 0 Å². The molecule has 2 saturated heterocycles. The molecule has 2 fully saturated rings. The minimum atomic E-state index is -1.05. The molecule has 2 aliphatic rings. The summed E-state index contributed by atoms with van der Waals surface area (Å²) in [4.78, 5) is 56.2. The van der Waals surface area contributed by atoms with E-state index in [1.807, 2.05) is 110 Å². The van der Waals surface area contributed by atoms with Gasteiger partial charge in [0, 0.05) is 23.4 Å². The highest BCUT2D eigenvalue weighted by molar-refractivity contribution is 7.99. The molecule has 57 heavy (non-hydrogen) atoms. The van der Waals surface area contributed by atoms with E-state index < -0.39 is 36.2 Å². The summed E-state index contributed by atoms with van der Waals surface area (Å²) in [5, 5.41) is 22.3. The lowest BCUT2D eigenvalue weighted by Crippen LogP contribution is -2.41. The number of aromatic carboxylic acids is 1. The molecule has 3 heterocycles. The van der Waals surface area contributed by atoms with Gasteiger partial charge >= 0.3 is 12.1 Å². The molecule has 0 bridgehead atoms. The summed E-state index contributed by atoms with van der Waals surface area (Å²) in [6.45, 7) is 2.02. The number of carboxylic acid groups (broad SMARTS) is 1. The van der Waals surface area contributed by atoms with Gasteiger partial charge in [0.05, 0.1) is 37.3 Å². The van der Waals surface area contributed by atoms with E-state index in [-0.39, 0.29) is 49.9 Å². The second kappa shape index (κ2) is 17.9. The van der Waals surface area contributed by atoms with Gasteiger partial charge in [0.1, 0.15) is 17.7 Å². The fourth-order valence-electron chi connectivity index (χ4n) is 6.94. The Morgan fingerprint density at radius 2 is 1.60 bits per heavy atom. The van der Waals surface area contributed by atoms with Crippen LogP contribution in [0.1, 0.15) is 63.9 Å². The van der Waals surface area contributed by atoms with Gasteiger partial charge in [0.2, 0.25) is 5.91 Å². The van der Waals surface area contributed by atoms with E-state index in [1.54, 1.807) is 12.3 Å². The van der Waals surface area contributed by atoms with Crippen LogP contribution >= 0.6 is 11.8 Å². The van der Waals surface area contributed by atoms with E-state index in [2.05, 4.69) is 10.3 Å². The maximum atomic E-state index is 13.3. The molecule has 0 spiro atoms. The predicted octanol–water partition coefficient (Wildman–Crippen LogP) is 7.08. The summed E-state index contributed by atoms with van der Waals surface area (Å²) >= 11 is 1.32. The number of alkyl carbamates (subject to hydrolysis) is 1. The van der Waals surface area contributed by atoms with Crippen molar-refractivity contribution in [3.05, 3.63) is 155 Å². The topological polar surface area (TPSA) is 165 Å². The number of pyridine rings is 1. The third kappa shape index (κ3) is 9.24. The molecule has 0 saturated carbocycles. The third-order valence-corrected chi connectivity index (χ3v) is 11.2. The molecule has 5 atom stereocenters. The Balaban J connectivity index is 1.06. The molecule has 3 amide bonds. The number of benzene rings is 4. The van der Waals surface area contributed by atoms with E-state index in [4.69, 9.17) is 14.2 Å². The van der Waals surface area contributed by atoms with Crippen LogP contribution in [0, 0.1) is 5.92 Å². The van der Waals surface area contributed by atoms with Crippen molar-refractivity contribution in [1.82, 2.24) is 15.2 Å². The maximum Gasteiger partial charge on any atom is 0.408 e. The first-order valence-electron chi connectivity index (χ1n) is 18.5. The first-order valence-corrected chi connectivity index (χ1v) is 19.5. The van der Waals surface area contributed by atoms with Crippen LogP contribution in [-0.4, -0.2) is 61.9 Å². The zero-order valence-electron chi connectivity index (χ0n) is 31.0. The molecule has 3 N–H and O–H groups in total. The van der Waals surface area contributed by atoms with Crippen LogP contribution in [0.25, 0.3) is 11.1 Å². The summed E-state index contributed by atoms with van der Waals surface area (Å²) in [5.41, 5.74) is 5.80. The van der Waals surface area contributed by atoms with Crippen LogP contribution in [0.3, 0.4) is 0 Å². The Labute approximate surface area is 333 Å². The molecule has 12 nitrogen and oxygen atoms in total. The van der Waals surface area contributed by atoms with Crippen LogP contribution in [0.5, 0.6) is 0 Å². The van der Waals surface area contributed by atoms with Crippen molar-refractivity contribution in [3.63, 3.8) is 0 Å². The van der Waals surface area contributed by atoms with Crippen molar-refractivity contribution in [2.75, 3.05) is 5.75 Å². The lowest BCUT2D eigenvalue weighted by molar-refractivity contribution is -0.268. The molecule has 4 aromatic carbocycles. The number of aromatic nitrogens is 1. The molecule has 0 radical (unpaired) electrons. The predicted molar refractivity (Wildman–Crippen MR) is 210 cm³/mol. The fourth-order valence-corrected chi connectivity index (χ4v) is 8.09. The Bertz CT molecular complexity index is 2220. The second-order valence-corrected chi connectivity index (χ2v) is 14.9. The molecule has 0 aliphatic carbocycles. The van der Waals surface area contributed by atoms with Gasteiger partial charge in [-0.25, -0.2) is 14.6 Å². The van der Waals surface area contributed by atoms with E-state index in [1.165, 1.54) is 17.8 Å². The first kappa shape index (κ1) is 39.4. The number of amides is 3. The molecule has 13 heteroatoms. The second-order valence-electron chi connectivity index (χ2n) is 13.9. The standard InChI is InChI=1S/C44H41N3O9S/c1-27-37(26-57-40-35(42(51)52)12-7-21-45-40)55-43(56-39(27)31-15-13-28(24-48)14-16-31)32-19-17-30(18-20-32)34-11-6-5-10-33(34)23-47-38(49)22-36(41(47)50)46-44(53)54-25-29-8-3-2-4-9-29/h2-21,27,36-37,39,43,48H,22-26H2,1H3,(H,46,53)(H,51,52)/t27-,36?,37+,39+,43+/m0/s1. The zero-order valence-corrected chi connectivity index (χ0v) is 31.8. The van der Waals surface area contributed by atoms with Gasteiger partial charge in [0.15, 0.2) is 6.29 Å². The van der Waals surface area contributed by atoms with Crippen LogP contribution in [0.4, 0.5) is 4.79 Å². The molecule has 1 unspecified atom stereocenters. The van der Waals surface area contributed by atoms with Crippen LogP contribution in [0.2, 0.25) is 0 Å². The van der Waals surface area contributed by atoms with Gasteiger partial charge in [-0.3, -0.25) is 14.5 Å². The van der Waals surface area contributed by atoms with Gasteiger partial charge in [-0.1, -0.05) is 110 Å². The van der Waals surface area contributed by atoms with Crippen molar-refractivity contribution in [3.8, 4) is 11.1 Å². The number of likely N-dealkylation sites (tertiary alicyclic amines) is 1. The minimum Gasteiger partial charge on any atom is -0.478 e. The number of carbonyl (C=O) groups is 4. The molecular weight excluding hydrogens is 747 g/mol. The van der Waals surface area contributed by atoms with Gasteiger partial charge in [-0.15, -0.1) is 11.8 Å².